The number of carbonyl (C=O) groups is 2. The second kappa shape index (κ2) is 9.32. The van der Waals surface area contributed by atoms with Gasteiger partial charge in [-0.1, -0.05) is 18.2 Å². The van der Waals surface area contributed by atoms with E-state index in [9.17, 15) is 9.59 Å². The zero-order valence-corrected chi connectivity index (χ0v) is 18.5. The standard InChI is InChI=1S/C24H27N5O3/c1-16(2)29-15-26-22(27-29)20-14-28(24(31)17-7-5-4-6-8-17)21-10-9-18(13-19(20)21)23(30)25-11-12-32-3/h4-10,13,15-16,20H,11-12,14H2,1-3H3,(H,25,30). The monoisotopic (exact) mass is 433 g/mol. The number of hydrogen-bond donors (Lipinski definition) is 1. The summed E-state index contributed by atoms with van der Waals surface area (Å²) in [6, 6.07) is 14.8. The molecule has 8 nitrogen and oxygen atoms in total. The quantitative estimate of drug-likeness (QED) is 0.579. The molecule has 2 heterocycles. The molecule has 0 radical (unpaired) electrons. The van der Waals surface area contributed by atoms with Gasteiger partial charge in [0.1, 0.15) is 6.33 Å². The molecule has 0 saturated heterocycles. The maximum Gasteiger partial charge on any atom is 0.258 e. The lowest BCUT2D eigenvalue weighted by Gasteiger charge is -2.18. The van der Waals surface area contributed by atoms with Crippen molar-refractivity contribution in [1.82, 2.24) is 20.1 Å². The first-order valence-electron chi connectivity index (χ1n) is 10.7. The summed E-state index contributed by atoms with van der Waals surface area (Å²) in [4.78, 5) is 32.2. The lowest BCUT2D eigenvalue weighted by atomic mass is 9.98. The number of nitrogens with zero attached hydrogens (tertiary/aromatic N) is 4. The van der Waals surface area contributed by atoms with E-state index in [1.54, 1.807) is 41.2 Å². The minimum Gasteiger partial charge on any atom is -0.383 e. The van der Waals surface area contributed by atoms with Gasteiger partial charge < -0.3 is 15.0 Å². The molecule has 1 aliphatic heterocycles. The SMILES string of the molecule is COCCNC(=O)c1ccc2c(c1)C(c1ncn(C(C)C)n1)CN2C(=O)c1ccccc1. The predicted octanol–water partition coefficient (Wildman–Crippen LogP) is 3.03. The van der Waals surface area contributed by atoms with Crippen molar-refractivity contribution in [3.63, 3.8) is 0 Å². The number of carbonyl (C=O) groups excluding carboxylic acids is 2. The van der Waals surface area contributed by atoms with Crippen LogP contribution in [0, 0.1) is 0 Å². The smallest absolute Gasteiger partial charge is 0.258 e. The van der Waals surface area contributed by atoms with Crippen molar-refractivity contribution in [3.05, 3.63) is 77.4 Å². The average Bonchev–Trinajstić information content (AvgIpc) is 3.44. The molecular weight excluding hydrogens is 406 g/mol. The van der Waals surface area contributed by atoms with E-state index in [-0.39, 0.29) is 23.8 Å². The Kier molecular flexibility index (Phi) is 6.32. The third-order valence-corrected chi connectivity index (χ3v) is 5.55. The van der Waals surface area contributed by atoms with E-state index in [0.717, 1.165) is 11.3 Å². The summed E-state index contributed by atoms with van der Waals surface area (Å²) in [5.74, 6) is 0.150. The van der Waals surface area contributed by atoms with Gasteiger partial charge in [0.2, 0.25) is 0 Å². The van der Waals surface area contributed by atoms with Gasteiger partial charge in [0.15, 0.2) is 5.82 Å². The van der Waals surface area contributed by atoms with Crippen molar-refractivity contribution in [2.45, 2.75) is 25.8 Å². The minimum absolute atomic E-state index is 0.0880. The van der Waals surface area contributed by atoms with Gasteiger partial charge >= 0.3 is 0 Å². The molecule has 0 fully saturated rings. The largest absolute Gasteiger partial charge is 0.383 e. The second-order valence-electron chi connectivity index (χ2n) is 8.03. The summed E-state index contributed by atoms with van der Waals surface area (Å²) in [5, 5.41) is 7.49. The van der Waals surface area contributed by atoms with Crippen LogP contribution in [0.2, 0.25) is 0 Å². The van der Waals surface area contributed by atoms with E-state index in [2.05, 4.69) is 15.4 Å². The Morgan fingerprint density at radius 2 is 1.94 bits per heavy atom. The molecule has 0 saturated carbocycles. The fourth-order valence-corrected chi connectivity index (χ4v) is 3.81. The Labute approximate surface area is 187 Å². The molecule has 1 unspecified atom stereocenters. The highest BCUT2D eigenvalue weighted by atomic mass is 16.5. The van der Waals surface area contributed by atoms with Crippen LogP contribution in [-0.2, 0) is 4.74 Å². The Morgan fingerprint density at radius 3 is 2.62 bits per heavy atom. The summed E-state index contributed by atoms with van der Waals surface area (Å²) < 4.78 is 6.81. The van der Waals surface area contributed by atoms with Crippen LogP contribution >= 0.6 is 0 Å². The zero-order valence-electron chi connectivity index (χ0n) is 18.5. The molecule has 0 spiro atoms. The summed E-state index contributed by atoms with van der Waals surface area (Å²) >= 11 is 0. The van der Waals surface area contributed by atoms with Crippen molar-refractivity contribution < 1.29 is 14.3 Å². The summed E-state index contributed by atoms with van der Waals surface area (Å²) in [6.07, 6.45) is 1.71. The van der Waals surface area contributed by atoms with Crippen molar-refractivity contribution in [2.75, 3.05) is 31.7 Å². The van der Waals surface area contributed by atoms with Crippen LogP contribution in [0.1, 0.15) is 57.9 Å². The molecule has 2 aromatic carbocycles. The van der Waals surface area contributed by atoms with Gasteiger partial charge in [0.05, 0.1) is 12.5 Å². The first kappa shape index (κ1) is 21.7. The summed E-state index contributed by atoms with van der Waals surface area (Å²) in [6.45, 7) is 5.35. The van der Waals surface area contributed by atoms with Crippen molar-refractivity contribution in [3.8, 4) is 0 Å². The van der Waals surface area contributed by atoms with Gasteiger partial charge in [-0.3, -0.25) is 14.3 Å². The lowest BCUT2D eigenvalue weighted by Crippen LogP contribution is -2.30. The normalized spacial score (nSPS) is 15.1. The molecule has 1 aliphatic rings. The number of ether oxygens (including phenoxy) is 1. The second-order valence-corrected chi connectivity index (χ2v) is 8.03. The minimum atomic E-state index is -0.218. The van der Waals surface area contributed by atoms with Crippen LogP contribution in [-0.4, -0.2) is 53.4 Å². The zero-order chi connectivity index (χ0) is 22.7. The van der Waals surface area contributed by atoms with Gasteiger partial charge in [-0.2, -0.15) is 5.10 Å². The molecule has 1 atom stereocenters. The highest BCUT2D eigenvalue weighted by molar-refractivity contribution is 6.08. The van der Waals surface area contributed by atoms with Gasteiger partial charge in [0.25, 0.3) is 11.8 Å². The number of methoxy groups -OCH3 is 1. The number of benzene rings is 2. The lowest BCUT2D eigenvalue weighted by molar-refractivity contribution is 0.0936. The molecule has 0 bridgehead atoms. The first-order valence-corrected chi connectivity index (χ1v) is 10.7. The van der Waals surface area contributed by atoms with Crippen molar-refractivity contribution in [1.29, 1.82) is 0 Å². The highest BCUT2D eigenvalue weighted by Gasteiger charge is 2.36. The van der Waals surface area contributed by atoms with Crippen LogP contribution in [0.25, 0.3) is 0 Å². The highest BCUT2D eigenvalue weighted by Crippen LogP contribution is 2.40. The van der Waals surface area contributed by atoms with Crippen LogP contribution in [0.4, 0.5) is 5.69 Å². The number of anilines is 1. The fourth-order valence-electron chi connectivity index (χ4n) is 3.81. The number of hydrogen-bond acceptors (Lipinski definition) is 5. The van der Waals surface area contributed by atoms with Crippen LogP contribution in [0.3, 0.4) is 0 Å². The van der Waals surface area contributed by atoms with E-state index >= 15 is 0 Å². The molecule has 1 N–H and O–H groups in total. The van der Waals surface area contributed by atoms with E-state index in [4.69, 9.17) is 4.74 Å². The Balaban J connectivity index is 1.70. The number of nitrogens with one attached hydrogen (secondary N) is 1. The summed E-state index contributed by atoms with van der Waals surface area (Å²) in [5.41, 5.74) is 2.79. The number of aromatic nitrogens is 3. The van der Waals surface area contributed by atoms with Gasteiger partial charge in [0, 0.05) is 43.1 Å². The fraction of sp³-hybridized carbons (Fsp3) is 0.333. The van der Waals surface area contributed by atoms with Crippen molar-refractivity contribution in [2.24, 2.45) is 0 Å². The summed E-state index contributed by atoms with van der Waals surface area (Å²) in [7, 11) is 1.59. The van der Waals surface area contributed by atoms with Gasteiger partial charge in [-0.25, -0.2) is 4.98 Å². The molecule has 1 aromatic heterocycles. The first-order chi connectivity index (χ1) is 15.5. The Morgan fingerprint density at radius 1 is 1.16 bits per heavy atom. The van der Waals surface area contributed by atoms with E-state index in [1.807, 2.05) is 44.2 Å². The van der Waals surface area contributed by atoms with Gasteiger partial charge in [-0.15, -0.1) is 0 Å². The molecule has 32 heavy (non-hydrogen) atoms. The van der Waals surface area contributed by atoms with E-state index in [1.165, 1.54) is 0 Å². The third-order valence-electron chi connectivity index (χ3n) is 5.55. The van der Waals surface area contributed by atoms with E-state index < -0.39 is 0 Å². The molecule has 3 aromatic rings. The maximum atomic E-state index is 13.3. The number of amides is 2. The molecule has 166 valence electrons. The topological polar surface area (TPSA) is 89.3 Å². The number of fused-ring (bicyclic) bond motifs is 1. The Hall–Kier alpha value is -3.52. The van der Waals surface area contributed by atoms with Gasteiger partial charge in [-0.05, 0) is 49.7 Å². The molecule has 8 heteroatoms. The molecular formula is C24H27N5O3. The van der Waals surface area contributed by atoms with Crippen LogP contribution in [0.15, 0.2) is 54.9 Å². The maximum absolute atomic E-state index is 13.3. The van der Waals surface area contributed by atoms with Crippen LogP contribution in [0.5, 0.6) is 0 Å². The molecule has 2 amide bonds. The van der Waals surface area contributed by atoms with Crippen molar-refractivity contribution >= 4 is 17.5 Å². The Bertz CT molecular complexity index is 1110. The number of rotatable bonds is 7. The van der Waals surface area contributed by atoms with Crippen LogP contribution < -0.4 is 10.2 Å². The van der Waals surface area contributed by atoms with E-state index in [0.29, 0.717) is 36.6 Å². The third kappa shape index (κ3) is 4.27. The molecule has 0 aliphatic carbocycles. The average molecular weight is 434 g/mol. The molecule has 4 rings (SSSR count). The predicted molar refractivity (Wildman–Crippen MR) is 121 cm³/mol.